The van der Waals surface area contributed by atoms with E-state index in [1.807, 2.05) is 19.0 Å². The van der Waals surface area contributed by atoms with E-state index in [0.717, 1.165) is 11.3 Å². The lowest BCUT2D eigenvalue weighted by Gasteiger charge is -2.11. The molecule has 0 N–H and O–H groups in total. The Morgan fingerprint density at radius 1 is 1.25 bits per heavy atom. The molecule has 24 heavy (non-hydrogen) atoms. The topological polar surface area (TPSA) is 62.6 Å². The van der Waals surface area contributed by atoms with E-state index in [0.29, 0.717) is 34.2 Å². The molecule has 0 fully saturated rings. The van der Waals surface area contributed by atoms with Gasteiger partial charge in [-0.15, -0.1) is 11.3 Å². The lowest BCUT2D eigenvalue weighted by molar-refractivity contribution is 0.0963. The zero-order valence-corrected chi connectivity index (χ0v) is 14.2. The third-order valence-electron chi connectivity index (χ3n) is 3.63. The van der Waals surface area contributed by atoms with Crippen molar-refractivity contribution in [1.82, 2.24) is 9.88 Å². The minimum absolute atomic E-state index is 0.00808. The van der Waals surface area contributed by atoms with Gasteiger partial charge in [-0.2, -0.15) is 0 Å². The van der Waals surface area contributed by atoms with Gasteiger partial charge in [0.2, 0.25) is 5.78 Å². The van der Waals surface area contributed by atoms with E-state index in [-0.39, 0.29) is 29.5 Å². The van der Waals surface area contributed by atoms with Gasteiger partial charge in [0.05, 0.1) is 18.7 Å². The van der Waals surface area contributed by atoms with Crippen molar-refractivity contribution >= 4 is 28.6 Å². The van der Waals surface area contributed by atoms with Crippen molar-refractivity contribution in [3.8, 4) is 10.6 Å². The van der Waals surface area contributed by atoms with Crippen LogP contribution < -0.4 is 0 Å². The standard InChI is InChI=1S/C17H16FN3O2S/c1-21(2)8-7-19-12-9-13(22)14-16(15(12)23)24-17(20-14)10-3-5-11(18)6-4-10/h3-6H,7-9H2,1-2H3. The first-order valence-electron chi connectivity index (χ1n) is 7.48. The smallest absolute Gasteiger partial charge is 0.219 e. The van der Waals surface area contributed by atoms with E-state index in [1.165, 1.54) is 12.1 Å². The Balaban J connectivity index is 1.91. The van der Waals surface area contributed by atoms with Gasteiger partial charge in [0.1, 0.15) is 21.4 Å². The number of nitrogens with zero attached hydrogens (tertiary/aromatic N) is 3. The number of benzene rings is 1. The molecule has 0 amide bonds. The van der Waals surface area contributed by atoms with Crippen LogP contribution in [0.2, 0.25) is 0 Å². The Hall–Kier alpha value is -2.25. The van der Waals surface area contributed by atoms with Crippen LogP contribution in [-0.4, -0.2) is 54.3 Å². The lowest BCUT2D eigenvalue weighted by atomic mass is 9.98. The third kappa shape index (κ3) is 3.32. The summed E-state index contributed by atoms with van der Waals surface area (Å²) in [6.45, 7) is 1.18. The first-order valence-corrected chi connectivity index (χ1v) is 8.30. The van der Waals surface area contributed by atoms with E-state index in [2.05, 4.69) is 9.98 Å². The molecular formula is C17H16FN3O2S. The van der Waals surface area contributed by atoms with Gasteiger partial charge < -0.3 is 4.90 Å². The molecule has 0 atom stereocenters. The second-order valence-corrected chi connectivity index (χ2v) is 6.76. The van der Waals surface area contributed by atoms with Gasteiger partial charge in [0.15, 0.2) is 5.78 Å². The fraction of sp³-hybridized carbons (Fsp3) is 0.294. The fourth-order valence-corrected chi connectivity index (χ4v) is 3.39. The largest absolute Gasteiger partial charge is 0.308 e. The zero-order valence-electron chi connectivity index (χ0n) is 13.4. The molecule has 1 heterocycles. The number of halogens is 1. The maximum atomic E-state index is 13.0. The van der Waals surface area contributed by atoms with E-state index in [4.69, 9.17) is 0 Å². The molecule has 0 radical (unpaired) electrons. The number of aromatic nitrogens is 1. The molecule has 0 spiro atoms. The summed E-state index contributed by atoms with van der Waals surface area (Å²) in [6.07, 6.45) is -0.00808. The summed E-state index contributed by atoms with van der Waals surface area (Å²) in [5, 5.41) is 0.538. The van der Waals surface area contributed by atoms with Crippen molar-refractivity contribution in [2.75, 3.05) is 27.2 Å². The van der Waals surface area contributed by atoms with Gasteiger partial charge in [-0.3, -0.25) is 14.6 Å². The van der Waals surface area contributed by atoms with Crippen LogP contribution in [0.3, 0.4) is 0 Å². The Labute approximate surface area is 142 Å². The summed E-state index contributed by atoms with van der Waals surface area (Å²) < 4.78 is 13.0. The van der Waals surface area contributed by atoms with Gasteiger partial charge >= 0.3 is 0 Å². The summed E-state index contributed by atoms with van der Waals surface area (Å²) >= 11 is 1.15. The summed E-state index contributed by atoms with van der Waals surface area (Å²) in [5.41, 5.74) is 1.18. The number of Topliss-reactive ketones (excluding diaryl/α,β-unsaturated/α-hetero) is 2. The van der Waals surface area contributed by atoms with Crippen molar-refractivity contribution in [2.24, 2.45) is 4.99 Å². The van der Waals surface area contributed by atoms with E-state index in [9.17, 15) is 14.0 Å². The number of rotatable bonds is 4. The van der Waals surface area contributed by atoms with Crippen molar-refractivity contribution < 1.29 is 14.0 Å². The van der Waals surface area contributed by atoms with Gasteiger partial charge in [0, 0.05) is 12.1 Å². The van der Waals surface area contributed by atoms with E-state index >= 15 is 0 Å². The van der Waals surface area contributed by atoms with Gasteiger partial charge in [0.25, 0.3) is 0 Å². The normalized spacial score (nSPS) is 16.1. The van der Waals surface area contributed by atoms with Crippen LogP contribution in [-0.2, 0) is 0 Å². The summed E-state index contributed by atoms with van der Waals surface area (Å²) in [6, 6.07) is 5.82. The number of ketones is 2. The minimum Gasteiger partial charge on any atom is -0.308 e. The average Bonchev–Trinajstić information content (AvgIpc) is 2.98. The van der Waals surface area contributed by atoms with Crippen LogP contribution in [0.25, 0.3) is 10.6 Å². The van der Waals surface area contributed by atoms with E-state index in [1.54, 1.807) is 12.1 Å². The molecule has 0 unspecified atom stereocenters. The number of carbonyl (C=O) groups excluding carboxylic acids is 2. The average molecular weight is 345 g/mol. The maximum absolute atomic E-state index is 13.0. The maximum Gasteiger partial charge on any atom is 0.219 e. The Kier molecular flexibility index (Phi) is 4.64. The molecule has 7 heteroatoms. The lowest BCUT2D eigenvalue weighted by Crippen LogP contribution is -2.27. The molecule has 1 aliphatic rings. The molecule has 1 aromatic carbocycles. The van der Waals surface area contributed by atoms with Crippen LogP contribution >= 0.6 is 11.3 Å². The Morgan fingerprint density at radius 3 is 2.62 bits per heavy atom. The minimum atomic E-state index is -0.345. The van der Waals surface area contributed by atoms with Gasteiger partial charge in [-0.1, -0.05) is 0 Å². The van der Waals surface area contributed by atoms with Gasteiger partial charge in [-0.05, 0) is 38.4 Å². The number of fused-ring (bicyclic) bond motifs is 1. The molecule has 124 valence electrons. The summed E-state index contributed by atoms with van der Waals surface area (Å²) in [4.78, 5) is 35.7. The molecule has 5 nitrogen and oxygen atoms in total. The van der Waals surface area contributed by atoms with E-state index < -0.39 is 0 Å². The Morgan fingerprint density at radius 2 is 1.96 bits per heavy atom. The molecule has 0 bridgehead atoms. The number of likely N-dealkylation sites (N-methyl/N-ethyl adjacent to an activating group) is 1. The molecule has 2 aromatic rings. The number of hydrogen-bond donors (Lipinski definition) is 0. The molecule has 0 saturated heterocycles. The molecule has 3 rings (SSSR count). The Bertz CT molecular complexity index is 825. The monoisotopic (exact) mass is 345 g/mol. The number of aliphatic imine (C=N–C) groups is 1. The summed E-state index contributed by atoms with van der Waals surface area (Å²) in [7, 11) is 3.84. The third-order valence-corrected chi connectivity index (χ3v) is 4.73. The molecule has 0 saturated carbocycles. The number of carbonyl (C=O) groups is 2. The summed E-state index contributed by atoms with van der Waals surface area (Å²) in [5.74, 6) is -0.769. The van der Waals surface area contributed by atoms with Crippen molar-refractivity contribution in [3.63, 3.8) is 0 Å². The van der Waals surface area contributed by atoms with Crippen LogP contribution in [0.1, 0.15) is 26.6 Å². The van der Waals surface area contributed by atoms with Crippen molar-refractivity contribution in [2.45, 2.75) is 6.42 Å². The number of hydrogen-bond acceptors (Lipinski definition) is 6. The van der Waals surface area contributed by atoms with Crippen LogP contribution in [0.4, 0.5) is 4.39 Å². The predicted molar refractivity (Wildman–Crippen MR) is 91.6 cm³/mol. The second kappa shape index (κ2) is 6.70. The predicted octanol–water partition coefficient (Wildman–Crippen LogP) is 2.72. The van der Waals surface area contributed by atoms with Crippen LogP contribution in [0.5, 0.6) is 0 Å². The SMILES string of the molecule is CN(C)CCN=C1CC(=O)c2nc(-c3ccc(F)cc3)sc2C1=O. The van der Waals surface area contributed by atoms with Crippen molar-refractivity contribution in [3.05, 3.63) is 40.7 Å². The molecular weight excluding hydrogens is 329 g/mol. The highest BCUT2D eigenvalue weighted by Crippen LogP contribution is 2.32. The van der Waals surface area contributed by atoms with Crippen molar-refractivity contribution in [1.29, 1.82) is 0 Å². The fourth-order valence-electron chi connectivity index (χ4n) is 2.34. The highest BCUT2D eigenvalue weighted by atomic mass is 32.1. The zero-order chi connectivity index (χ0) is 17.3. The molecule has 1 aromatic heterocycles. The highest BCUT2D eigenvalue weighted by molar-refractivity contribution is 7.18. The quantitative estimate of drug-likeness (QED) is 0.855. The van der Waals surface area contributed by atoms with Crippen LogP contribution in [0, 0.1) is 5.82 Å². The number of thiazole rings is 1. The first kappa shape index (κ1) is 16.6. The second-order valence-electron chi connectivity index (χ2n) is 5.76. The first-order chi connectivity index (χ1) is 11.5. The van der Waals surface area contributed by atoms with Gasteiger partial charge in [-0.25, -0.2) is 9.37 Å². The molecule has 1 aliphatic carbocycles. The molecule has 0 aliphatic heterocycles. The highest BCUT2D eigenvalue weighted by Gasteiger charge is 2.33. The van der Waals surface area contributed by atoms with Crippen LogP contribution in [0.15, 0.2) is 29.3 Å².